The van der Waals surface area contributed by atoms with Gasteiger partial charge in [-0.05, 0) is 42.3 Å². The lowest BCUT2D eigenvalue weighted by Gasteiger charge is -2.19. The summed E-state index contributed by atoms with van der Waals surface area (Å²) in [5.41, 5.74) is 3.63. The number of hydrogen-bond acceptors (Lipinski definition) is 3. The first-order valence-electron chi connectivity index (χ1n) is 7.06. The number of benzene rings is 2. The van der Waals surface area contributed by atoms with Crippen LogP contribution in [0.15, 0.2) is 47.5 Å². The Balaban J connectivity index is 1.98. The number of nitrogens with zero attached hydrogens (tertiary/aromatic N) is 1. The van der Waals surface area contributed by atoms with Gasteiger partial charge in [0.25, 0.3) is 0 Å². The number of phenols is 1. The van der Waals surface area contributed by atoms with Gasteiger partial charge in [0.1, 0.15) is 11.5 Å². The lowest BCUT2D eigenvalue weighted by Crippen LogP contribution is -2.12. The molecule has 0 spiro atoms. The Bertz CT molecular complexity index is 748. The number of ether oxygens (including phenoxy) is 1. The molecule has 0 bridgehead atoms. The van der Waals surface area contributed by atoms with Crippen molar-refractivity contribution >= 4 is 23.4 Å². The quantitative estimate of drug-likeness (QED) is 0.926. The van der Waals surface area contributed by atoms with Gasteiger partial charge in [0, 0.05) is 22.7 Å². The summed E-state index contributed by atoms with van der Waals surface area (Å²) in [7, 11) is 1.63. The molecule has 3 rings (SSSR count). The van der Waals surface area contributed by atoms with E-state index in [2.05, 4.69) is 4.99 Å². The molecular formula is C18H16ClNO2. The standard InChI is InChI=1S/C18H16ClNO2/c1-22-17-9-8-16(21)14-10-11-20-15(18(14)17)7-4-12-2-5-13(19)6-3-12/h2-9,21H,10-11H2,1H3. The highest BCUT2D eigenvalue weighted by Gasteiger charge is 2.20. The number of rotatable bonds is 3. The van der Waals surface area contributed by atoms with Crippen molar-refractivity contribution in [3.63, 3.8) is 0 Å². The summed E-state index contributed by atoms with van der Waals surface area (Å²) in [6, 6.07) is 11.0. The van der Waals surface area contributed by atoms with Crippen molar-refractivity contribution < 1.29 is 9.84 Å². The molecule has 0 amide bonds. The predicted octanol–water partition coefficient (Wildman–Crippen LogP) is 4.11. The van der Waals surface area contributed by atoms with Crippen LogP contribution in [-0.2, 0) is 6.42 Å². The topological polar surface area (TPSA) is 41.8 Å². The van der Waals surface area contributed by atoms with Gasteiger partial charge >= 0.3 is 0 Å². The zero-order valence-electron chi connectivity index (χ0n) is 12.2. The normalized spacial score (nSPS) is 13.8. The molecule has 0 radical (unpaired) electrons. The molecule has 2 aromatic carbocycles. The largest absolute Gasteiger partial charge is 0.508 e. The maximum absolute atomic E-state index is 10.1. The van der Waals surface area contributed by atoms with Crippen molar-refractivity contribution in [1.29, 1.82) is 0 Å². The molecule has 0 fully saturated rings. The van der Waals surface area contributed by atoms with E-state index in [1.165, 1.54) is 0 Å². The Morgan fingerprint density at radius 3 is 2.64 bits per heavy atom. The van der Waals surface area contributed by atoms with Crippen LogP contribution in [0.1, 0.15) is 16.7 Å². The molecule has 2 aromatic rings. The van der Waals surface area contributed by atoms with Crippen LogP contribution in [0.5, 0.6) is 11.5 Å². The number of hydrogen-bond donors (Lipinski definition) is 1. The third kappa shape index (κ3) is 2.85. The minimum atomic E-state index is 0.295. The van der Waals surface area contributed by atoms with Crippen LogP contribution in [0.3, 0.4) is 0 Å². The van der Waals surface area contributed by atoms with Gasteiger partial charge in [0.05, 0.1) is 12.8 Å². The average Bonchev–Trinajstić information content (AvgIpc) is 2.55. The number of fused-ring (bicyclic) bond motifs is 1. The summed E-state index contributed by atoms with van der Waals surface area (Å²) in [4.78, 5) is 4.57. The first-order valence-corrected chi connectivity index (χ1v) is 7.44. The summed E-state index contributed by atoms with van der Waals surface area (Å²) < 4.78 is 5.42. The molecule has 1 N–H and O–H groups in total. The summed E-state index contributed by atoms with van der Waals surface area (Å²) in [5, 5.41) is 10.8. The fourth-order valence-electron chi connectivity index (χ4n) is 2.57. The highest BCUT2D eigenvalue weighted by Crippen LogP contribution is 2.33. The molecule has 1 aliphatic rings. The van der Waals surface area contributed by atoms with Gasteiger partial charge in [-0.1, -0.05) is 29.8 Å². The second-order valence-electron chi connectivity index (χ2n) is 5.04. The third-order valence-electron chi connectivity index (χ3n) is 3.67. The van der Waals surface area contributed by atoms with Crippen molar-refractivity contribution in [3.8, 4) is 11.5 Å². The van der Waals surface area contributed by atoms with Crippen LogP contribution in [0, 0.1) is 0 Å². The molecule has 0 unspecified atom stereocenters. The molecule has 112 valence electrons. The van der Waals surface area contributed by atoms with Crippen LogP contribution < -0.4 is 4.74 Å². The van der Waals surface area contributed by atoms with Gasteiger partial charge in [0.2, 0.25) is 0 Å². The first-order chi connectivity index (χ1) is 10.7. The van der Waals surface area contributed by atoms with Crippen molar-refractivity contribution in [2.24, 2.45) is 4.99 Å². The van der Waals surface area contributed by atoms with E-state index in [-0.39, 0.29) is 0 Å². The Morgan fingerprint density at radius 1 is 1.14 bits per heavy atom. The van der Waals surface area contributed by atoms with Gasteiger partial charge in [-0.25, -0.2) is 0 Å². The van der Waals surface area contributed by atoms with E-state index >= 15 is 0 Å². The van der Waals surface area contributed by atoms with Crippen LogP contribution in [0.2, 0.25) is 5.02 Å². The Labute approximate surface area is 134 Å². The number of aromatic hydroxyl groups is 1. The second kappa shape index (κ2) is 6.24. The van der Waals surface area contributed by atoms with E-state index in [0.717, 1.165) is 34.6 Å². The molecule has 1 aliphatic heterocycles. The average molecular weight is 314 g/mol. The third-order valence-corrected chi connectivity index (χ3v) is 3.93. The molecule has 0 atom stereocenters. The molecular weight excluding hydrogens is 298 g/mol. The van der Waals surface area contributed by atoms with Gasteiger partial charge in [0.15, 0.2) is 0 Å². The Kier molecular flexibility index (Phi) is 4.16. The fourth-order valence-corrected chi connectivity index (χ4v) is 2.70. The van der Waals surface area contributed by atoms with Gasteiger partial charge < -0.3 is 9.84 Å². The maximum Gasteiger partial charge on any atom is 0.128 e. The van der Waals surface area contributed by atoms with Crippen LogP contribution in [0.4, 0.5) is 0 Å². The summed E-state index contributed by atoms with van der Waals surface area (Å²) in [5.74, 6) is 1.02. The summed E-state index contributed by atoms with van der Waals surface area (Å²) >= 11 is 5.89. The second-order valence-corrected chi connectivity index (χ2v) is 5.48. The minimum absolute atomic E-state index is 0.295. The highest BCUT2D eigenvalue weighted by molar-refractivity contribution is 6.30. The van der Waals surface area contributed by atoms with E-state index in [9.17, 15) is 5.11 Å². The van der Waals surface area contributed by atoms with E-state index in [1.807, 2.05) is 36.4 Å². The monoisotopic (exact) mass is 313 g/mol. The smallest absolute Gasteiger partial charge is 0.128 e. The van der Waals surface area contributed by atoms with E-state index in [1.54, 1.807) is 19.2 Å². The fraction of sp³-hybridized carbons (Fsp3) is 0.167. The van der Waals surface area contributed by atoms with Crippen molar-refractivity contribution in [3.05, 3.63) is 64.2 Å². The molecule has 3 nitrogen and oxygen atoms in total. The minimum Gasteiger partial charge on any atom is -0.508 e. The van der Waals surface area contributed by atoms with Gasteiger partial charge in [-0.2, -0.15) is 0 Å². The summed E-state index contributed by atoms with van der Waals surface area (Å²) in [6.07, 6.45) is 4.65. The van der Waals surface area contributed by atoms with Gasteiger partial charge in [-0.3, -0.25) is 4.99 Å². The van der Waals surface area contributed by atoms with Crippen molar-refractivity contribution in [2.45, 2.75) is 6.42 Å². The molecule has 22 heavy (non-hydrogen) atoms. The lowest BCUT2D eigenvalue weighted by molar-refractivity contribution is 0.409. The highest BCUT2D eigenvalue weighted by atomic mass is 35.5. The predicted molar refractivity (Wildman–Crippen MR) is 90.3 cm³/mol. The lowest BCUT2D eigenvalue weighted by atomic mass is 9.95. The number of methoxy groups -OCH3 is 1. The SMILES string of the molecule is COc1ccc(O)c2c1C(C=Cc1ccc(Cl)cc1)=NCC2. The van der Waals surface area contributed by atoms with Crippen molar-refractivity contribution in [1.82, 2.24) is 0 Å². The summed E-state index contributed by atoms with van der Waals surface area (Å²) in [6.45, 7) is 0.661. The van der Waals surface area contributed by atoms with E-state index in [0.29, 0.717) is 17.3 Å². The van der Waals surface area contributed by atoms with Crippen LogP contribution in [-0.4, -0.2) is 24.5 Å². The van der Waals surface area contributed by atoms with Crippen LogP contribution in [0.25, 0.3) is 6.08 Å². The maximum atomic E-state index is 10.1. The number of allylic oxidation sites excluding steroid dienone is 1. The molecule has 1 heterocycles. The molecule has 0 aromatic heterocycles. The van der Waals surface area contributed by atoms with Gasteiger partial charge in [-0.15, -0.1) is 0 Å². The first kappa shape index (κ1) is 14.7. The molecule has 0 saturated carbocycles. The number of aliphatic imine (C=N–C) groups is 1. The molecule has 0 saturated heterocycles. The Hall–Kier alpha value is -2.26. The van der Waals surface area contributed by atoms with E-state index < -0.39 is 0 Å². The zero-order chi connectivity index (χ0) is 15.5. The van der Waals surface area contributed by atoms with E-state index in [4.69, 9.17) is 16.3 Å². The molecule has 4 heteroatoms. The zero-order valence-corrected chi connectivity index (χ0v) is 13.0. The molecule has 0 aliphatic carbocycles. The Morgan fingerprint density at radius 2 is 1.91 bits per heavy atom. The number of phenolic OH excluding ortho intramolecular Hbond substituents is 1. The van der Waals surface area contributed by atoms with Crippen molar-refractivity contribution in [2.75, 3.05) is 13.7 Å². The number of halogens is 1. The van der Waals surface area contributed by atoms with Crippen LogP contribution >= 0.6 is 11.6 Å².